The molecule has 0 atom stereocenters. The Bertz CT molecular complexity index is 463. The van der Waals surface area contributed by atoms with E-state index in [4.69, 9.17) is 16.3 Å². The predicted octanol–water partition coefficient (Wildman–Crippen LogP) is 3.56. The molecular weight excluding hydrogens is 286 g/mol. The van der Waals surface area contributed by atoms with Crippen molar-refractivity contribution < 1.29 is 9.53 Å². The van der Waals surface area contributed by atoms with Crippen LogP contribution in [0.2, 0.25) is 0 Å². The minimum Gasteiger partial charge on any atom is -0.376 e. The Morgan fingerprint density at radius 1 is 1.29 bits per heavy atom. The summed E-state index contributed by atoms with van der Waals surface area (Å²) in [6, 6.07) is 6.24. The Morgan fingerprint density at radius 3 is 2.38 bits per heavy atom. The molecule has 0 aromatic heterocycles. The smallest absolute Gasteiger partial charge is 0.242 e. The highest BCUT2D eigenvalue weighted by Gasteiger charge is 2.24. The van der Waals surface area contributed by atoms with Crippen molar-refractivity contribution in [1.82, 2.24) is 0 Å². The first-order chi connectivity index (χ1) is 10.2. The second kappa shape index (κ2) is 7.81. The van der Waals surface area contributed by atoms with Crippen molar-refractivity contribution in [1.29, 1.82) is 0 Å². The summed E-state index contributed by atoms with van der Waals surface area (Å²) in [5.41, 5.74) is 3.42. The number of amides is 1. The number of anilines is 1. The monoisotopic (exact) mass is 309 g/mol. The first-order valence-corrected chi connectivity index (χ1v) is 8.33. The molecule has 21 heavy (non-hydrogen) atoms. The summed E-state index contributed by atoms with van der Waals surface area (Å²) in [5.74, 6) is -0.0448. The van der Waals surface area contributed by atoms with E-state index < -0.39 is 0 Å². The van der Waals surface area contributed by atoms with Crippen LogP contribution in [0.15, 0.2) is 18.2 Å². The summed E-state index contributed by atoms with van der Waals surface area (Å²) in [4.78, 5) is 14.1. The van der Waals surface area contributed by atoms with Gasteiger partial charge in [-0.05, 0) is 36.8 Å². The Kier molecular flexibility index (Phi) is 6.07. The van der Waals surface area contributed by atoms with Gasteiger partial charge in [0.15, 0.2) is 0 Å². The average molecular weight is 310 g/mol. The molecule has 1 saturated carbocycles. The maximum atomic E-state index is 12.3. The highest BCUT2D eigenvalue weighted by molar-refractivity contribution is 6.29. The van der Waals surface area contributed by atoms with Gasteiger partial charge in [-0.2, -0.15) is 0 Å². The number of hydrogen-bond acceptors (Lipinski definition) is 2. The lowest BCUT2D eigenvalue weighted by atomic mass is 10.0. The molecule has 0 spiro atoms. The van der Waals surface area contributed by atoms with Crippen LogP contribution in [-0.4, -0.2) is 31.0 Å². The maximum Gasteiger partial charge on any atom is 0.242 e. The molecule has 3 nitrogen and oxygen atoms in total. The average Bonchev–Trinajstić information content (AvgIpc) is 3.34. The number of aryl methyl sites for hydroxylation is 2. The molecule has 1 aliphatic carbocycles. The molecule has 4 heteroatoms. The van der Waals surface area contributed by atoms with Crippen LogP contribution < -0.4 is 4.90 Å². The van der Waals surface area contributed by atoms with Gasteiger partial charge in [0.2, 0.25) is 5.91 Å². The van der Waals surface area contributed by atoms with Gasteiger partial charge >= 0.3 is 0 Å². The van der Waals surface area contributed by atoms with Crippen molar-refractivity contribution in [2.75, 3.05) is 23.9 Å². The van der Waals surface area contributed by atoms with Crippen molar-refractivity contribution in [3.8, 4) is 0 Å². The van der Waals surface area contributed by atoms with Gasteiger partial charge in [-0.25, -0.2) is 0 Å². The van der Waals surface area contributed by atoms with E-state index >= 15 is 0 Å². The van der Waals surface area contributed by atoms with Gasteiger partial charge < -0.3 is 9.64 Å². The van der Waals surface area contributed by atoms with E-state index in [0.717, 1.165) is 31.4 Å². The van der Waals surface area contributed by atoms with Crippen molar-refractivity contribution in [2.45, 2.75) is 45.6 Å². The fourth-order valence-electron chi connectivity index (χ4n) is 2.54. The van der Waals surface area contributed by atoms with Crippen LogP contribution >= 0.6 is 11.6 Å². The van der Waals surface area contributed by atoms with Crippen LogP contribution in [0.1, 0.15) is 37.8 Å². The van der Waals surface area contributed by atoms with Crippen LogP contribution in [0.25, 0.3) is 0 Å². The summed E-state index contributed by atoms with van der Waals surface area (Å²) in [6.45, 7) is 5.38. The van der Waals surface area contributed by atoms with Gasteiger partial charge in [0.1, 0.15) is 5.88 Å². The minimum absolute atomic E-state index is 0.00459. The fourth-order valence-corrected chi connectivity index (χ4v) is 2.68. The molecule has 0 N–H and O–H groups in total. The van der Waals surface area contributed by atoms with E-state index in [1.165, 1.54) is 11.1 Å². The number of nitrogens with zero attached hydrogens (tertiary/aromatic N) is 1. The molecule has 1 aromatic carbocycles. The SMILES string of the molecule is CCc1cccc(CC)c1N(CCOC1CC1)C(=O)CCl. The van der Waals surface area contributed by atoms with E-state index in [1.807, 2.05) is 4.90 Å². The molecular formula is C17H24ClNO2. The zero-order valence-electron chi connectivity index (χ0n) is 12.9. The molecule has 1 fully saturated rings. The fraction of sp³-hybridized carbons (Fsp3) is 0.588. The Morgan fingerprint density at radius 2 is 1.90 bits per heavy atom. The maximum absolute atomic E-state index is 12.3. The molecule has 0 radical (unpaired) electrons. The largest absolute Gasteiger partial charge is 0.376 e. The third-order valence-electron chi connectivity index (χ3n) is 3.84. The quantitative estimate of drug-likeness (QED) is 0.687. The number of rotatable bonds is 8. The van der Waals surface area contributed by atoms with E-state index in [1.54, 1.807) is 0 Å². The second-order valence-corrected chi connectivity index (χ2v) is 5.65. The molecule has 2 rings (SSSR count). The zero-order valence-corrected chi connectivity index (χ0v) is 13.7. The number of benzene rings is 1. The number of halogens is 1. The van der Waals surface area contributed by atoms with Crippen molar-refractivity contribution in [2.24, 2.45) is 0 Å². The van der Waals surface area contributed by atoms with Crippen LogP contribution in [0.4, 0.5) is 5.69 Å². The number of carbonyl (C=O) groups is 1. The molecule has 116 valence electrons. The Labute approximate surface area is 132 Å². The van der Waals surface area contributed by atoms with Gasteiger partial charge in [-0.15, -0.1) is 11.6 Å². The van der Waals surface area contributed by atoms with E-state index in [0.29, 0.717) is 19.3 Å². The van der Waals surface area contributed by atoms with Crippen LogP contribution in [-0.2, 0) is 22.4 Å². The summed E-state index contributed by atoms with van der Waals surface area (Å²) >= 11 is 5.81. The lowest BCUT2D eigenvalue weighted by Crippen LogP contribution is -2.36. The van der Waals surface area contributed by atoms with Crippen molar-refractivity contribution in [3.63, 3.8) is 0 Å². The number of para-hydroxylation sites is 1. The van der Waals surface area contributed by atoms with Crippen molar-refractivity contribution in [3.05, 3.63) is 29.3 Å². The lowest BCUT2D eigenvalue weighted by Gasteiger charge is -2.27. The van der Waals surface area contributed by atoms with Crippen LogP contribution in [0, 0.1) is 0 Å². The first kappa shape index (κ1) is 16.3. The third kappa shape index (κ3) is 4.21. The summed E-state index contributed by atoms with van der Waals surface area (Å²) in [5, 5.41) is 0. The zero-order chi connectivity index (χ0) is 15.2. The lowest BCUT2D eigenvalue weighted by molar-refractivity contribution is -0.116. The van der Waals surface area contributed by atoms with E-state index in [-0.39, 0.29) is 11.8 Å². The highest BCUT2D eigenvalue weighted by atomic mass is 35.5. The Balaban J connectivity index is 2.23. The molecule has 0 heterocycles. The number of ether oxygens (including phenoxy) is 1. The predicted molar refractivity (Wildman–Crippen MR) is 87.2 cm³/mol. The normalized spacial score (nSPS) is 14.2. The molecule has 1 aromatic rings. The van der Waals surface area contributed by atoms with Gasteiger partial charge in [-0.3, -0.25) is 4.79 Å². The molecule has 1 amide bonds. The van der Waals surface area contributed by atoms with Gasteiger partial charge in [0.05, 0.1) is 18.4 Å². The molecule has 0 saturated heterocycles. The summed E-state index contributed by atoms with van der Waals surface area (Å²) < 4.78 is 5.71. The third-order valence-corrected chi connectivity index (χ3v) is 4.07. The first-order valence-electron chi connectivity index (χ1n) is 7.79. The van der Waals surface area contributed by atoms with Gasteiger partial charge in [-0.1, -0.05) is 32.0 Å². The summed E-state index contributed by atoms with van der Waals surface area (Å²) in [7, 11) is 0. The summed E-state index contributed by atoms with van der Waals surface area (Å²) in [6.07, 6.45) is 4.51. The number of hydrogen-bond donors (Lipinski definition) is 0. The van der Waals surface area contributed by atoms with Crippen LogP contribution in [0.3, 0.4) is 0 Å². The second-order valence-electron chi connectivity index (χ2n) is 5.38. The van der Waals surface area contributed by atoms with Crippen LogP contribution in [0.5, 0.6) is 0 Å². The van der Waals surface area contributed by atoms with E-state index in [2.05, 4.69) is 32.0 Å². The number of alkyl halides is 1. The molecule has 1 aliphatic rings. The standard InChI is InChI=1S/C17H24ClNO2/c1-3-13-6-5-7-14(4-2)17(13)19(16(20)12-18)10-11-21-15-8-9-15/h5-7,15H,3-4,8-12H2,1-2H3. The van der Waals surface area contributed by atoms with Gasteiger partial charge in [0, 0.05) is 6.54 Å². The molecule has 0 aliphatic heterocycles. The van der Waals surface area contributed by atoms with E-state index in [9.17, 15) is 4.79 Å². The van der Waals surface area contributed by atoms with Crippen molar-refractivity contribution >= 4 is 23.2 Å². The molecule has 0 bridgehead atoms. The number of carbonyl (C=O) groups excluding carboxylic acids is 1. The molecule has 0 unspecified atom stereocenters. The Hall–Kier alpha value is -1.06. The minimum atomic E-state index is -0.0494. The van der Waals surface area contributed by atoms with Gasteiger partial charge in [0.25, 0.3) is 0 Å². The highest BCUT2D eigenvalue weighted by Crippen LogP contribution is 2.28. The topological polar surface area (TPSA) is 29.5 Å².